The van der Waals surface area contributed by atoms with Gasteiger partial charge in [-0.1, -0.05) is 0 Å². The highest BCUT2D eigenvalue weighted by Gasteiger charge is 2.31. The lowest BCUT2D eigenvalue weighted by molar-refractivity contribution is -0.141. The first-order valence-electron chi connectivity index (χ1n) is 10.2. The molecule has 0 aromatic heterocycles. The second-order valence-electron chi connectivity index (χ2n) is 7.31. The summed E-state index contributed by atoms with van der Waals surface area (Å²) in [5, 5.41) is 19.4. The second-order valence-corrected chi connectivity index (χ2v) is 7.67. The minimum Gasteiger partial charge on any atom is -0.480 e. The fourth-order valence-electron chi connectivity index (χ4n) is 3.08. The maximum absolute atomic E-state index is 12.8. The predicted molar refractivity (Wildman–Crippen MR) is 115 cm³/mol. The van der Waals surface area contributed by atoms with Crippen LogP contribution in [0.2, 0.25) is 0 Å². The third-order valence-electron chi connectivity index (χ3n) is 4.79. The number of unbranched alkanes of at least 4 members (excludes halogenated alkanes) is 1. The highest BCUT2D eigenvalue weighted by molar-refractivity contribution is 7.80. The van der Waals surface area contributed by atoms with Crippen LogP contribution in [-0.2, 0) is 24.0 Å². The van der Waals surface area contributed by atoms with Crippen LogP contribution in [-0.4, -0.2) is 77.7 Å². The summed E-state index contributed by atoms with van der Waals surface area (Å²) >= 11 is 3.90. The van der Waals surface area contributed by atoms with E-state index in [2.05, 4.69) is 33.9 Å². The molecule has 0 bridgehead atoms. The van der Waals surface area contributed by atoms with Gasteiger partial charge in [0.1, 0.15) is 18.1 Å². The van der Waals surface area contributed by atoms with Crippen molar-refractivity contribution in [2.24, 2.45) is 11.5 Å². The standard InChI is InChI=1S/C18H32N6O6S/c19-6-2-1-4-11(16(27)24-13(9-31)18(29)30)22-17(28)12(8-14(20)25)23-15(26)10-5-3-7-21-10/h10-13,21,31H,1-9,19H2,(H2,20,25)(H,22,28)(H,23,26)(H,24,27)(H,29,30). The Morgan fingerprint density at radius 3 is 2.19 bits per heavy atom. The van der Waals surface area contributed by atoms with E-state index in [-0.39, 0.29) is 12.2 Å². The van der Waals surface area contributed by atoms with Gasteiger partial charge in [-0.15, -0.1) is 0 Å². The van der Waals surface area contributed by atoms with Gasteiger partial charge in [-0.3, -0.25) is 19.2 Å². The summed E-state index contributed by atoms with van der Waals surface area (Å²) in [5.74, 6) is -4.13. The molecular weight excluding hydrogens is 428 g/mol. The molecule has 1 saturated heterocycles. The number of carbonyl (C=O) groups is 5. The van der Waals surface area contributed by atoms with Crippen molar-refractivity contribution in [3.05, 3.63) is 0 Å². The number of primary amides is 1. The molecule has 0 aromatic carbocycles. The number of hydrogen-bond acceptors (Lipinski definition) is 8. The molecule has 13 heteroatoms. The van der Waals surface area contributed by atoms with E-state index in [1.807, 2.05) is 0 Å². The smallest absolute Gasteiger partial charge is 0.327 e. The van der Waals surface area contributed by atoms with E-state index in [0.29, 0.717) is 32.4 Å². The lowest BCUT2D eigenvalue weighted by Crippen LogP contribution is -2.57. The molecule has 0 spiro atoms. The molecule has 12 nitrogen and oxygen atoms in total. The number of rotatable bonds is 14. The number of aliphatic carboxylic acids is 1. The van der Waals surface area contributed by atoms with E-state index < -0.39 is 60.2 Å². The van der Waals surface area contributed by atoms with Crippen molar-refractivity contribution in [1.82, 2.24) is 21.3 Å². The summed E-state index contributed by atoms with van der Waals surface area (Å²) in [6, 6.07) is -4.06. The lowest BCUT2D eigenvalue weighted by atomic mass is 10.1. The summed E-state index contributed by atoms with van der Waals surface area (Å²) in [4.78, 5) is 60.3. The number of hydrogen-bond donors (Lipinski definition) is 8. The van der Waals surface area contributed by atoms with E-state index in [4.69, 9.17) is 16.6 Å². The number of carboxylic acids is 1. The molecule has 1 rings (SSSR count). The Bertz CT molecular complexity index is 657. The quantitative estimate of drug-likeness (QED) is 0.100. The zero-order chi connectivity index (χ0) is 23.4. The van der Waals surface area contributed by atoms with Gasteiger partial charge in [0.2, 0.25) is 23.6 Å². The Kier molecular flexibility index (Phi) is 11.9. The summed E-state index contributed by atoms with van der Waals surface area (Å²) in [7, 11) is 0. The average Bonchev–Trinajstić information content (AvgIpc) is 3.25. The Labute approximate surface area is 186 Å². The van der Waals surface area contributed by atoms with Crippen molar-refractivity contribution in [3.63, 3.8) is 0 Å². The van der Waals surface area contributed by atoms with Crippen LogP contribution in [0.4, 0.5) is 0 Å². The Morgan fingerprint density at radius 2 is 1.68 bits per heavy atom. The zero-order valence-electron chi connectivity index (χ0n) is 17.3. The van der Waals surface area contributed by atoms with Crippen LogP contribution in [0.3, 0.4) is 0 Å². The molecule has 0 saturated carbocycles. The fraction of sp³-hybridized carbons (Fsp3) is 0.722. The first kappa shape index (κ1) is 26.7. The molecular formula is C18H32N6O6S. The van der Waals surface area contributed by atoms with Crippen molar-refractivity contribution in [1.29, 1.82) is 0 Å². The van der Waals surface area contributed by atoms with Gasteiger partial charge >= 0.3 is 5.97 Å². The molecule has 1 aliphatic rings. The highest BCUT2D eigenvalue weighted by atomic mass is 32.1. The predicted octanol–water partition coefficient (Wildman–Crippen LogP) is -2.79. The number of amides is 4. The van der Waals surface area contributed by atoms with Gasteiger partial charge in [0.05, 0.1) is 12.5 Å². The maximum atomic E-state index is 12.8. The van der Waals surface area contributed by atoms with Crippen LogP contribution in [0.5, 0.6) is 0 Å². The number of carbonyl (C=O) groups excluding carboxylic acids is 4. The van der Waals surface area contributed by atoms with Crippen molar-refractivity contribution < 1.29 is 29.1 Å². The van der Waals surface area contributed by atoms with E-state index in [9.17, 15) is 24.0 Å². The lowest BCUT2D eigenvalue weighted by Gasteiger charge is -2.24. The highest BCUT2D eigenvalue weighted by Crippen LogP contribution is 2.07. The summed E-state index contributed by atoms with van der Waals surface area (Å²) in [6.45, 7) is 1.05. The third kappa shape index (κ3) is 9.53. The molecule has 176 valence electrons. The van der Waals surface area contributed by atoms with Crippen molar-refractivity contribution in [2.45, 2.75) is 62.7 Å². The van der Waals surface area contributed by atoms with Gasteiger partial charge in [-0.2, -0.15) is 12.6 Å². The minimum absolute atomic E-state index is 0.140. The summed E-state index contributed by atoms with van der Waals surface area (Å²) in [6.07, 6.45) is 2.23. The number of nitrogens with two attached hydrogens (primary N) is 2. The Morgan fingerprint density at radius 1 is 1.03 bits per heavy atom. The van der Waals surface area contributed by atoms with E-state index in [1.165, 1.54) is 0 Å². The number of nitrogens with one attached hydrogen (secondary N) is 4. The normalized spacial score (nSPS) is 18.5. The van der Waals surface area contributed by atoms with E-state index in [1.54, 1.807) is 0 Å². The molecule has 9 N–H and O–H groups in total. The Balaban J connectivity index is 2.88. The van der Waals surface area contributed by atoms with Crippen LogP contribution in [0, 0.1) is 0 Å². The fourth-order valence-corrected chi connectivity index (χ4v) is 3.33. The molecule has 1 fully saturated rings. The molecule has 31 heavy (non-hydrogen) atoms. The van der Waals surface area contributed by atoms with E-state index >= 15 is 0 Å². The maximum Gasteiger partial charge on any atom is 0.327 e. The summed E-state index contributed by atoms with van der Waals surface area (Å²) < 4.78 is 0. The SMILES string of the molecule is NCCCCC(NC(=O)C(CC(N)=O)NC(=O)C1CCCN1)C(=O)NC(CS)C(=O)O. The van der Waals surface area contributed by atoms with Gasteiger partial charge in [-0.25, -0.2) is 4.79 Å². The number of carboxylic acid groups (broad SMARTS) is 1. The zero-order valence-corrected chi connectivity index (χ0v) is 18.2. The van der Waals surface area contributed by atoms with E-state index in [0.717, 1.165) is 6.42 Å². The third-order valence-corrected chi connectivity index (χ3v) is 5.16. The van der Waals surface area contributed by atoms with Crippen LogP contribution in [0.25, 0.3) is 0 Å². The van der Waals surface area contributed by atoms with Crippen molar-refractivity contribution in [2.75, 3.05) is 18.8 Å². The summed E-state index contributed by atoms with van der Waals surface area (Å²) in [5.41, 5.74) is 10.7. The van der Waals surface area contributed by atoms with Gasteiger partial charge in [-0.05, 0) is 45.2 Å². The molecule has 4 unspecified atom stereocenters. The number of thiol groups is 1. The molecule has 0 aromatic rings. The van der Waals surface area contributed by atoms with Gasteiger partial charge < -0.3 is 37.8 Å². The van der Waals surface area contributed by atoms with Crippen LogP contribution in [0.15, 0.2) is 0 Å². The van der Waals surface area contributed by atoms with Gasteiger partial charge in [0.15, 0.2) is 0 Å². The second kappa shape index (κ2) is 13.8. The molecule has 1 aliphatic heterocycles. The first-order valence-corrected chi connectivity index (χ1v) is 10.8. The monoisotopic (exact) mass is 460 g/mol. The van der Waals surface area contributed by atoms with Crippen molar-refractivity contribution in [3.8, 4) is 0 Å². The molecule has 0 radical (unpaired) electrons. The Hall–Kier alpha value is -2.38. The molecule has 4 atom stereocenters. The first-order chi connectivity index (χ1) is 14.7. The van der Waals surface area contributed by atoms with Gasteiger partial charge in [0, 0.05) is 5.75 Å². The topological polar surface area (TPSA) is 206 Å². The average molecular weight is 461 g/mol. The minimum atomic E-state index is -1.27. The van der Waals surface area contributed by atoms with Crippen LogP contribution >= 0.6 is 12.6 Å². The van der Waals surface area contributed by atoms with Gasteiger partial charge in [0.25, 0.3) is 0 Å². The van der Waals surface area contributed by atoms with Crippen LogP contribution in [0.1, 0.15) is 38.5 Å². The molecule has 4 amide bonds. The molecule has 1 heterocycles. The largest absolute Gasteiger partial charge is 0.480 e. The van der Waals surface area contributed by atoms with Crippen molar-refractivity contribution >= 4 is 42.2 Å². The molecule has 0 aliphatic carbocycles. The van der Waals surface area contributed by atoms with Crippen LogP contribution < -0.4 is 32.7 Å².